The molecule has 1 aliphatic heterocycles. The molecule has 0 spiro atoms. The van der Waals surface area contributed by atoms with Crippen LogP contribution >= 0.6 is 0 Å². The molecular formula is C12H15FN2O. The predicted molar refractivity (Wildman–Crippen MR) is 58.9 cm³/mol. The van der Waals surface area contributed by atoms with Crippen LogP contribution in [-0.2, 0) is 4.79 Å². The fraction of sp³-hybridized carbons (Fsp3) is 0.417. The Labute approximate surface area is 94.2 Å². The second-order valence-corrected chi connectivity index (χ2v) is 4.00. The maximum Gasteiger partial charge on any atom is 0.236 e. The van der Waals surface area contributed by atoms with Gasteiger partial charge in [-0.3, -0.25) is 10.2 Å². The average Bonchev–Trinajstić information content (AvgIpc) is 2.61. The van der Waals surface area contributed by atoms with Gasteiger partial charge in [-0.15, -0.1) is 0 Å². The molecule has 0 radical (unpaired) electrons. The summed E-state index contributed by atoms with van der Waals surface area (Å²) in [5.74, 6) is -0.217. The molecule has 0 aromatic heterocycles. The molecule has 1 amide bonds. The summed E-state index contributed by atoms with van der Waals surface area (Å²) in [5.41, 5.74) is 3.80. The summed E-state index contributed by atoms with van der Waals surface area (Å²) >= 11 is 0. The van der Waals surface area contributed by atoms with Crippen molar-refractivity contribution in [2.24, 2.45) is 0 Å². The lowest BCUT2D eigenvalue weighted by Crippen LogP contribution is -2.35. The molecule has 0 bridgehead atoms. The first-order valence-corrected chi connectivity index (χ1v) is 5.52. The van der Waals surface area contributed by atoms with Gasteiger partial charge in [0.05, 0.1) is 6.04 Å². The molecule has 1 heterocycles. The third kappa shape index (κ3) is 2.22. The number of halogens is 1. The van der Waals surface area contributed by atoms with Gasteiger partial charge in [-0.1, -0.05) is 19.1 Å². The number of benzene rings is 1. The number of amides is 1. The molecule has 16 heavy (non-hydrogen) atoms. The number of carbonyl (C=O) groups is 1. The van der Waals surface area contributed by atoms with Crippen LogP contribution in [0.1, 0.15) is 31.4 Å². The van der Waals surface area contributed by atoms with Gasteiger partial charge in [-0.2, -0.15) is 0 Å². The third-order valence-electron chi connectivity index (χ3n) is 2.74. The number of rotatable bonds is 3. The van der Waals surface area contributed by atoms with Crippen molar-refractivity contribution >= 4 is 5.91 Å². The van der Waals surface area contributed by atoms with Crippen LogP contribution < -0.4 is 5.43 Å². The van der Waals surface area contributed by atoms with Crippen molar-refractivity contribution in [2.75, 3.05) is 6.54 Å². The van der Waals surface area contributed by atoms with Crippen LogP contribution in [0.25, 0.3) is 0 Å². The summed E-state index contributed by atoms with van der Waals surface area (Å²) in [6, 6.07) is 6.38. The molecule has 4 heteroatoms. The van der Waals surface area contributed by atoms with E-state index in [1.165, 1.54) is 12.1 Å². The van der Waals surface area contributed by atoms with Crippen LogP contribution in [0, 0.1) is 5.82 Å². The molecule has 0 aliphatic carbocycles. The minimum absolute atomic E-state index is 0.0303. The maximum atomic E-state index is 12.8. The Balaban J connectivity index is 2.18. The van der Waals surface area contributed by atoms with Crippen molar-refractivity contribution in [1.82, 2.24) is 10.4 Å². The molecule has 2 rings (SSSR count). The van der Waals surface area contributed by atoms with Crippen LogP contribution in [0.3, 0.4) is 0 Å². The Morgan fingerprint density at radius 1 is 1.44 bits per heavy atom. The number of hydrogen-bond acceptors (Lipinski definition) is 2. The number of nitrogens with zero attached hydrogens (tertiary/aromatic N) is 1. The lowest BCUT2D eigenvalue weighted by Gasteiger charge is -2.22. The summed E-state index contributed by atoms with van der Waals surface area (Å²) in [5, 5.41) is 1.93. The van der Waals surface area contributed by atoms with Gasteiger partial charge in [0.2, 0.25) is 5.91 Å². The fourth-order valence-corrected chi connectivity index (χ4v) is 2.00. The van der Waals surface area contributed by atoms with Crippen LogP contribution in [0.4, 0.5) is 4.39 Å². The van der Waals surface area contributed by atoms with E-state index in [1.807, 2.05) is 5.01 Å². The van der Waals surface area contributed by atoms with Crippen molar-refractivity contribution in [3.05, 3.63) is 35.6 Å². The van der Waals surface area contributed by atoms with E-state index in [9.17, 15) is 9.18 Å². The van der Waals surface area contributed by atoms with E-state index in [2.05, 4.69) is 12.3 Å². The van der Waals surface area contributed by atoms with Gasteiger partial charge in [-0.05, 0) is 24.1 Å². The Hall–Kier alpha value is -1.42. The highest BCUT2D eigenvalue weighted by Crippen LogP contribution is 2.27. The molecule has 1 aromatic carbocycles. The van der Waals surface area contributed by atoms with Crippen molar-refractivity contribution in [2.45, 2.75) is 25.8 Å². The zero-order valence-electron chi connectivity index (χ0n) is 9.24. The van der Waals surface area contributed by atoms with Crippen LogP contribution in [-0.4, -0.2) is 17.5 Å². The Morgan fingerprint density at radius 2 is 2.12 bits per heavy atom. The van der Waals surface area contributed by atoms with E-state index >= 15 is 0 Å². The van der Waals surface area contributed by atoms with Gasteiger partial charge in [0.1, 0.15) is 5.82 Å². The molecule has 1 N–H and O–H groups in total. The minimum Gasteiger partial charge on any atom is -0.288 e. The van der Waals surface area contributed by atoms with Crippen molar-refractivity contribution in [3.63, 3.8) is 0 Å². The van der Waals surface area contributed by atoms with Crippen molar-refractivity contribution < 1.29 is 9.18 Å². The first kappa shape index (κ1) is 11.1. The normalized spacial score (nSPS) is 21.1. The second kappa shape index (κ2) is 4.61. The summed E-state index contributed by atoms with van der Waals surface area (Å²) in [6.07, 6.45) is 1.42. The van der Waals surface area contributed by atoms with Crippen LogP contribution in [0.5, 0.6) is 0 Å². The van der Waals surface area contributed by atoms with Gasteiger partial charge in [0, 0.05) is 13.0 Å². The molecule has 1 aliphatic rings. The standard InChI is InChI=1S/C12H15FN2O/c1-2-7-15-11(8-12(16)14-15)9-3-5-10(13)6-4-9/h3-6,11H,2,7-8H2,1H3,(H,14,16). The van der Waals surface area contributed by atoms with Gasteiger partial charge in [-0.25, -0.2) is 9.40 Å². The van der Waals surface area contributed by atoms with Crippen molar-refractivity contribution in [1.29, 1.82) is 0 Å². The quantitative estimate of drug-likeness (QED) is 0.848. The fourth-order valence-electron chi connectivity index (χ4n) is 2.00. The Morgan fingerprint density at radius 3 is 2.75 bits per heavy atom. The lowest BCUT2D eigenvalue weighted by molar-refractivity contribution is -0.121. The van der Waals surface area contributed by atoms with E-state index in [4.69, 9.17) is 0 Å². The molecule has 1 atom stereocenters. The SMILES string of the molecule is CCCN1NC(=O)CC1c1ccc(F)cc1. The van der Waals surface area contributed by atoms with E-state index in [1.54, 1.807) is 12.1 Å². The largest absolute Gasteiger partial charge is 0.288 e. The Bertz CT molecular complexity index is 377. The smallest absolute Gasteiger partial charge is 0.236 e. The molecule has 1 saturated heterocycles. The molecule has 3 nitrogen and oxygen atoms in total. The monoisotopic (exact) mass is 222 g/mol. The molecule has 86 valence electrons. The summed E-state index contributed by atoms with van der Waals surface area (Å²) in [7, 11) is 0. The van der Waals surface area contributed by atoms with Gasteiger partial charge in [0.15, 0.2) is 0 Å². The summed E-state index contributed by atoms with van der Waals surface area (Å²) in [6.45, 7) is 2.87. The number of hydrazine groups is 1. The molecule has 1 aromatic rings. The second-order valence-electron chi connectivity index (χ2n) is 4.00. The number of nitrogens with one attached hydrogen (secondary N) is 1. The average molecular weight is 222 g/mol. The van der Waals surface area contributed by atoms with Gasteiger partial charge < -0.3 is 0 Å². The molecule has 1 unspecified atom stereocenters. The van der Waals surface area contributed by atoms with E-state index in [-0.39, 0.29) is 17.8 Å². The highest BCUT2D eigenvalue weighted by Gasteiger charge is 2.30. The van der Waals surface area contributed by atoms with E-state index in [0.717, 1.165) is 18.5 Å². The van der Waals surface area contributed by atoms with E-state index < -0.39 is 0 Å². The maximum absolute atomic E-state index is 12.8. The summed E-state index contributed by atoms with van der Waals surface area (Å²) in [4.78, 5) is 11.4. The predicted octanol–water partition coefficient (Wildman–Crippen LogP) is 2.01. The molecule has 0 saturated carbocycles. The Kier molecular flexibility index (Phi) is 3.19. The molecule has 1 fully saturated rings. The summed E-state index contributed by atoms with van der Waals surface area (Å²) < 4.78 is 12.8. The highest BCUT2D eigenvalue weighted by atomic mass is 19.1. The highest BCUT2D eigenvalue weighted by molar-refractivity contribution is 5.78. The van der Waals surface area contributed by atoms with Crippen LogP contribution in [0.2, 0.25) is 0 Å². The number of carbonyl (C=O) groups excluding carboxylic acids is 1. The van der Waals surface area contributed by atoms with Gasteiger partial charge in [0.25, 0.3) is 0 Å². The van der Waals surface area contributed by atoms with E-state index in [0.29, 0.717) is 6.42 Å². The minimum atomic E-state index is -0.247. The lowest BCUT2D eigenvalue weighted by atomic mass is 10.0. The first-order valence-electron chi connectivity index (χ1n) is 5.52. The topological polar surface area (TPSA) is 32.3 Å². The zero-order valence-corrected chi connectivity index (χ0v) is 9.24. The first-order chi connectivity index (χ1) is 7.70. The third-order valence-corrected chi connectivity index (χ3v) is 2.74. The van der Waals surface area contributed by atoms with Gasteiger partial charge >= 0.3 is 0 Å². The van der Waals surface area contributed by atoms with Crippen molar-refractivity contribution in [3.8, 4) is 0 Å². The molecular weight excluding hydrogens is 207 g/mol. The van der Waals surface area contributed by atoms with Crippen LogP contribution in [0.15, 0.2) is 24.3 Å². The number of hydrogen-bond donors (Lipinski definition) is 1. The zero-order chi connectivity index (χ0) is 11.5.